The number of aromatic amines is 1. The first-order chi connectivity index (χ1) is 8.33. The number of ether oxygens (including phenoxy) is 1. The number of rotatable bonds is 5. The molecule has 0 bridgehead atoms. The molecule has 2 aromatic rings. The molecule has 17 heavy (non-hydrogen) atoms. The molecule has 0 spiro atoms. The van der Waals surface area contributed by atoms with Crippen molar-refractivity contribution in [1.29, 1.82) is 0 Å². The molecule has 0 aliphatic rings. The number of carbonyl (C=O) groups excluding carboxylic acids is 1. The zero-order valence-corrected chi connectivity index (χ0v) is 9.77. The lowest BCUT2D eigenvalue weighted by Crippen LogP contribution is -1.93. The van der Waals surface area contributed by atoms with Gasteiger partial charge in [-0.1, -0.05) is 12.1 Å². The second-order valence-corrected chi connectivity index (χ2v) is 3.91. The minimum atomic E-state index is 0.743. The number of methoxy groups -OCH3 is 1. The second kappa shape index (κ2) is 5.34. The molecule has 1 aromatic carbocycles. The lowest BCUT2D eigenvalue weighted by Gasteiger charge is -2.04. The van der Waals surface area contributed by atoms with Crippen molar-refractivity contribution in [3.8, 4) is 5.75 Å². The summed E-state index contributed by atoms with van der Waals surface area (Å²) in [6.45, 7) is 0. The van der Waals surface area contributed by atoms with Crippen LogP contribution in [0.15, 0.2) is 36.7 Å². The van der Waals surface area contributed by atoms with Crippen LogP contribution in [-0.2, 0) is 12.8 Å². The Labute approximate surface area is 100 Å². The number of aromatic nitrogens is 1. The smallest absolute Gasteiger partial charge is 0.151 e. The summed E-state index contributed by atoms with van der Waals surface area (Å²) < 4.78 is 5.17. The summed E-state index contributed by atoms with van der Waals surface area (Å²) in [5.41, 5.74) is 3.01. The van der Waals surface area contributed by atoms with Gasteiger partial charge in [0, 0.05) is 18.0 Å². The summed E-state index contributed by atoms with van der Waals surface area (Å²) in [6, 6.07) is 7.99. The fourth-order valence-corrected chi connectivity index (χ4v) is 1.84. The first kappa shape index (κ1) is 11.5. The molecule has 88 valence electrons. The van der Waals surface area contributed by atoms with Gasteiger partial charge in [-0.2, -0.15) is 0 Å². The van der Waals surface area contributed by atoms with Gasteiger partial charge in [-0.3, -0.25) is 4.79 Å². The summed E-state index contributed by atoms with van der Waals surface area (Å²) in [7, 11) is 1.66. The molecule has 1 N–H and O–H groups in total. The third-order valence-corrected chi connectivity index (χ3v) is 2.81. The van der Waals surface area contributed by atoms with Crippen LogP contribution in [0.5, 0.6) is 5.75 Å². The van der Waals surface area contributed by atoms with Crippen molar-refractivity contribution in [2.24, 2.45) is 0 Å². The van der Waals surface area contributed by atoms with E-state index in [0.717, 1.165) is 36.0 Å². The van der Waals surface area contributed by atoms with E-state index in [2.05, 4.69) is 11.1 Å². The molecule has 1 aromatic heterocycles. The van der Waals surface area contributed by atoms with Crippen molar-refractivity contribution < 1.29 is 9.53 Å². The largest absolute Gasteiger partial charge is 0.497 e. The SMILES string of the molecule is COc1cccc(CCc2c[nH]cc2C=O)c1. The van der Waals surface area contributed by atoms with Crippen LogP contribution in [-0.4, -0.2) is 18.4 Å². The number of carbonyl (C=O) groups is 1. The minimum absolute atomic E-state index is 0.743. The van der Waals surface area contributed by atoms with Gasteiger partial charge in [-0.15, -0.1) is 0 Å². The van der Waals surface area contributed by atoms with E-state index in [1.807, 2.05) is 24.4 Å². The van der Waals surface area contributed by atoms with Crippen molar-refractivity contribution in [3.05, 3.63) is 53.3 Å². The van der Waals surface area contributed by atoms with Gasteiger partial charge < -0.3 is 9.72 Å². The number of hydrogen-bond donors (Lipinski definition) is 1. The summed E-state index contributed by atoms with van der Waals surface area (Å²) in [5, 5.41) is 0. The van der Waals surface area contributed by atoms with Crippen LogP contribution in [0.3, 0.4) is 0 Å². The van der Waals surface area contributed by atoms with Crippen LogP contribution in [0.1, 0.15) is 21.5 Å². The maximum atomic E-state index is 10.8. The highest BCUT2D eigenvalue weighted by Gasteiger charge is 2.03. The Kier molecular flexibility index (Phi) is 3.60. The van der Waals surface area contributed by atoms with Crippen molar-refractivity contribution in [3.63, 3.8) is 0 Å². The standard InChI is InChI=1S/C14H15NO2/c1-17-14-4-2-3-11(7-14)5-6-12-8-15-9-13(12)10-16/h2-4,7-10,15H,5-6H2,1H3. The van der Waals surface area contributed by atoms with Gasteiger partial charge in [0.15, 0.2) is 6.29 Å². The molecule has 0 amide bonds. The van der Waals surface area contributed by atoms with Crippen LogP contribution >= 0.6 is 0 Å². The van der Waals surface area contributed by atoms with E-state index in [1.54, 1.807) is 13.3 Å². The van der Waals surface area contributed by atoms with Crippen molar-refractivity contribution in [2.45, 2.75) is 12.8 Å². The number of H-pyrrole nitrogens is 1. The molecule has 0 radical (unpaired) electrons. The van der Waals surface area contributed by atoms with Crippen molar-refractivity contribution >= 4 is 6.29 Å². The van der Waals surface area contributed by atoms with Gasteiger partial charge in [0.05, 0.1) is 7.11 Å². The van der Waals surface area contributed by atoms with E-state index in [0.29, 0.717) is 0 Å². The number of aryl methyl sites for hydroxylation is 2. The molecule has 0 atom stereocenters. The topological polar surface area (TPSA) is 42.1 Å². The summed E-state index contributed by atoms with van der Waals surface area (Å²) in [5.74, 6) is 0.868. The molecule has 0 aliphatic carbocycles. The highest BCUT2D eigenvalue weighted by atomic mass is 16.5. The molecule has 3 nitrogen and oxygen atoms in total. The van der Waals surface area contributed by atoms with Crippen LogP contribution in [0.25, 0.3) is 0 Å². The fraction of sp³-hybridized carbons (Fsp3) is 0.214. The Hall–Kier alpha value is -2.03. The molecule has 0 aliphatic heterocycles. The molecule has 0 saturated heterocycles. The predicted molar refractivity (Wildman–Crippen MR) is 66.6 cm³/mol. The van der Waals surface area contributed by atoms with Gasteiger partial charge >= 0.3 is 0 Å². The average Bonchev–Trinajstić information content (AvgIpc) is 2.84. The van der Waals surface area contributed by atoms with Crippen molar-refractivity contribution in [1.82, 2.24) is 4.98 Å². The second-order valence-electron chi connectivity index (χ2n) is 3.91. The highest BCUT2D eigenvalue weighted by Crippen LogP contribution is 2.15. The maximum Gasteiger partial charge on any atom is 0.151 e. The molecular weight excluding hydrogens is 214 g/mol. The Balaban J connectivity index is 2.04. The van der Waals surface area contributed by atoms with Gasteiger partial charge in [0.1, 0.15) is 5.75 Å². The quantitative estimate of drug-likeness (QED) is 0.801. The number of benzene rings is 1. The third-order valence-electron chi connectivity index (χ3n) is 2.81. The molecule has 0 saturated carbocycles. The lowest BCUT2D eigenvalue weighted by atomic mass is 10.0. The molecule has 1 heterocycles. The van der Waals surface area contributed by atoms with E-state index in [-0.39, 0.29) is 0 Å². The summed E-state index contributed by atoms with van der Waals surface area (Å²) in [6.07, 6.45) is 6.25. The molecular formula is C14H15NO2. The summed E-state index contributed by atoms with van der Waals surface area (Å²) >= 11 is 0. The van der Waals surface area contributed by atoms with Gasteiger partial charge in [0.25, 0.3) is 0 Å². The minimum Gasteiger partial charge on any atom is -0.497 e. The van der Waals surface area contributed by atoms with Crippen LogP contribution < -0.4 is 4.74 Å². The predicted octanol–water partition coefficient (Wildman–Crippen LogP) is 2.62. The van der Waals surface area contributed by atoms with E-state index in [4.69, 9.17) is 4.74 Å². The lowest BCUT2D eigenvalue weighted by molar-refractivity contribution is 0.112. The Bertz CT molecular complexity index is 502. The fourth-order valence-electron chi connectivity index (χ4n) is 1.84. The maximum absolute atomic E-state index is 10.8. The molecule has 3 heteroatoms. The summed E-state index contributed by atoms with van der Waals surface area (Å²) in [4.78, 5) is 13.7. The molecule has 2 rings (SSSR count). The van der Waals surface area contributed by atoms with Crippen molar-refractivity contribution in [2.75, 3.05) is 7.11 Å². The van der Waals surface area contributed by atoms with E-state index >= 15 is 0 Å². The van der Waals surface area contributed by atoms with E-state index in [9.17, 15) is 4.79 Å². The van der Waals surface area contributed by atoms with Crippen LogP contribution in [0.4, 0.5) is 0 Å². The molecule has 0 fully saturated rings. The first-order valence-corrected chi connectivity index (χ1v) is 5.57. The number of nitrogens with one attached hydrogen (secondary N) is 1. The zero-order valence-electron chi connectivity index (χ0n) is 9.77. The van der Waals surface area contributed by atoms with Gasteiger partial charge in [-0.05, 0) is 36.1 Å². The van der Waals surface area contributed by atoms with Gasteiger partial charge in [-0.25, -0.2) is 0 Å². The Morgan fingerprint density at radius 1 is 1.29 bits per heavy atom. The average molecular weight is 229 g/mol. The van der Waals surface area contributed by atoms with Gasteiger partial charge in [0.2, 0.25) is 0 Å². The number of hydrogen-bond acceptors (Lipinski definition) is 2. The third kappa shape index (κ3) is 2.75. The molecule has 0 unspecified atom stereocenters. The zero-order chi connectivity index (χ0) is 12.1. The normalized spacial score (nSPS) is 10.2. The Morgan fingerprint density at radius 3 is 2.94 bits per heavy atom. The van der Waals surface area contributed by atoms with E-state index < -0.39 is 0 Å². The van der Waals surface area contributed by atoms with Crippen LogP contribution in [0, 0.1) is 0 Å². The monoisotopic (exact) mass is 229 g/mol. The first-order valence-electron chi connectivity index (χ1n) is 5.57. The van der Waals surface area contributed by atoms with E-state index in [1.165, 1.54) is 5.56 Å². The number of aldehydes is 1. The highest BCUT2D eigenvalue weighted by molar-refractivity contribution is 5.76. The Morgan fingerprint density at radius 2 is 2.18 bits per heavy atom. The van der Waals surface area contributed by atoms with Crippen LogP contribution in [0.2, 0.25) is 0 Å².